The summed E-state index contributed by atoms with van der Waals surface area (Å²) in [6, 6.07) is 14.0. The maximum absolute atomic E-state index is 8.01. The molecule has 1 N–H and O–H groups in total. The zero-order chi connectivity index (χ0) is 9.10. The number of hydrogen-bond donors (Lipinski definition) is 1. The van der Waals surface area contributed by atoms with E-state index >= 15 is 0 Å². The third-order valence-electron chi connectivity index (χ3n) is 1.68. The van der Waals surface area contributed by atoms with Gasteiger partial charge in [-0.1, -0.05) is 24.3 Å². The van der Waals surface area contributed by atoms with Crippen molar-refractivity contribution in [3.8, 4) is 0 Å². The molecule has 2 rings (SSSR count). The molecular weight excluding hydrogens is 198 g/mol. The van der Waals surface area contributed by atoms with Gasteiger partial charge in [0, 0.05) is 4.90 Å². The fourth-order valence-electron chi connectivity index (χ4n) is 1.05. The number of thiophene rings is 1. The first kappa shape index (κ1) is 8.66. The fourth-order valence-corrected chi connectivity index (χ4v) is 3.22. The van der Waals surface area contributed by atoms with Crippen molar-refractivity contribution < 1.29 is 0 Å². The topological polar surface area (TPSA) is 23.9 Å². The molecule has 1 atom stereocenters. The van der Waals surface area contributed by atoms with Crippen LogP contribution in [0.25, 0.3) is 0 Å². The number of hydrogen-bond acceptors (Lipinski definition) is 2. The average molecular weight is 207 g/mol. The van der Waals surface area contributed by atoms with Crippen molar-refractivity contribution in [1.82, 2.24) is 0 Å². The molecule has 1 heterocycles. The molecule has 1 nitrogen and oxygen atoms in total. The second-order valence-electron chi connectivity index (χ2n) is 2.55. The first-order valence-corrected chi connectivity index (χ1v) is 6.02. The fraction of sp³-hybridized carbons (Fsp3) is 0. The normalized spacial score (nSPS) is 12.6. The van der Waals surface area contributed by atoms with Crippen molar-refractivity contribution in [3.05, 3.63) is 47.8 Å². The summed E-state index contributed by atoms with van der Waals surface area (Å²) in [7, 11) is -0.497. The van der Waals surface area contributed by atoms with Crippen LogP contribution in [0.15, 0.2) is 56.9 Å². The lowest BCUT2D eigenvalue weighted by atomic mass is 10.4. The van der Waals surface area contributed by atoms with Gasteiger partial charge >= 0.3 is 0 Å². The van der Waals surface area contributed by atoms with Gasteiger partial charge in [-0.05, 0) is 34.3 Å². The minimum atomic E-state index is -0.497. The van der Waals surface area contributed by atoms with Gasteiger partial charge in [0.15, 0.2) is 0 Å². The second kappa shape index (κ2) is 3.85. The molecule has 0 fully saturated rings. The van der Waals surface area contributed by atoms with Crippen molar-refractivity contribution >= 4 is 22.0 Å². The molecule has 3 heteroatoms. The Morgan fingerprint density at radius 2 is 1.77 bits per heavy atom. The van der Waals surface area contributed by atoms with Gasteiger partial charge in [0.05, 0.1) is 4.21 Å². The summed E-state index contributed by atoms with van der Waals surface area (Å²) in [5, 5.41) is 2.02. The van der Waals surface area contributed by atoms with Crippen LogP contribution in [0.2, 0.25) is 0 Å². The molecule has 0 radical (unpaired) electrons. The Balaban J connectivity index is 2.34. The van der Waals surface area contributed by atoms with E-state index in [9.17, 15) is 0 Å². The summed E-state index contributed by atoms with van der Waals surface area (Å²) in [6.45, 7) is 0. The molecule has 0 amide bonds. The van der Waals surface area contributed by atoms with E-state index in [4.69, 9.17) is 4.78 Å². The van der Waals surface area contributed by atoms with Gasteiger partial charge in [0.25, 0.3) is 0 Å². The monoisotopic (exact) mass is 207 g/mol. The van der Waals surface area contributed by atoms with E-state index in [1.54, 1.807) is 11.3 Å². The van der Waals surface area contributed by atoms with Gasteiger partial charge < -0.3 is 0 Å². The van der Waals surface area contributed by atoms with Crippen molar-refractivity contribution in [2.75, 3.05) is 0 Å². The maximum Gasteiger partial charge on any atom is 0.0752 e. The third-order valence-corrected chi connectivity index (χ3v) is 4.41. The van der Waals surface area contributed by atoms with Gasteiger partial charge in [-0.25, -0.2) is 0 Å². The molecule has 0 saturated carbocycles. The molecule has 2 aromatic rings. The van der Waals surface area contributed by atoms with E-state index in [1.165, 1.54) is 0 Å². The Hall–Kier alpha value is -0.930. The van der Waals surface area contributed by atoms with Crippen LogP contribution >= 0.6 is 11.3 Å². The first-order chi connectivity index (χ1) is 6.38. The highest BCUT2D eigenvalue weighted by Gasteiger charge is 2.01. The molecule has 0 aliphatic heterocycles. The van der Waals surface area contributed by atoms with Crippen LogP contribution in [0.3, 0.4) is 0 Å². The van der Waals surface area contributed by atoms with Crippen LogP contribution in [0.4, 0.5) is 0 Å². The molecule has 0 aliphatic carbocycles. The molecular formula is C10H9NS2. The summed E-state index contributed by atoms with van der Waals surface area (Å²) in [5.41, 5.74) is 0. The maximum atomic E-state index is 8.01. The zero-order valence-electron chi connectivity index (χ0n) is 6.94. The summed E-state index contributed by atoms with van der Waals surface area (Å²) < 4.78 is 9.14. The molecule has 1 aromatic carbocycles. The molecule has 0 bridgehead atoms. The van der Waals surface area contributed by atoms with Gasteiger partial charge in [-0.15, -0.1) is 11.3 Å². The van der Waals surface area contributed by atoms with Crippen molar-refractivity contribution in [2.45, 2.75) is 9.10 Å². The van der Waals surface area contributed by atoms with Crippen LogP contribution in [0.5, 0.6) is 0 Å². The van der Waals surface area contributed by atoms with Crippen LogP contribution in [0.1, 0.15) is 0 Å². The summed E-state index contributed by atoms with van der Waals surface area (Å²) in [6.07, 6.45) is 0. The molecule has 0 saturated heterocycles. The summed E-state index contributed by atoms with van der Waals surface area (Å²) >= 11 is 1.65. The standard InChI is InChI=1S/C10H9NS2/c11-13(10-7-4-8-12-10)9-5-2-1-3-6-9/h1-8,11H. The van der Waals surface area contributed by atoms with Crippen LogP contribution in [-0.4, -0.2) is 0 Å². The van der Waals surface area contributed by atoms with Gasteiger partial charge in [-0.2, -0.15) is 0 Å². The van der Waals surface area contributed by atoms with Crippen LogP contribution in [0, 0.1) is 4.78 Å². The SMILES string of the molecule is N=S(c1ccccc1)c1cccs1. The average Bonchev–Trinajstić information content (AvgIpc) is 2.71. The van der Waals surface area contributed by atoms with Crippen molar-refractivity contribution in [1.29, 1.82) is 4.78 Å². The van der Waals surface area contributed by atoms with E-state index in [-0.39, 0.29) is 0 Å². The Kier molecular flexibility index (Phi) is 2.57. The molecule has 1 unspecified atom stereocenters. The highest BCUT2D eigenvalue weighted by molar-refractivity contribution is 7.88. The Morgan fingerprint density at radius 1 is 1.00 bits per heavy atom. The number of rotatable bonds is 2. The Bertz CT molecular complexity index is 392. The van der Waals surface area contributed by atoms with E-state index in [1.807, 2.05) is 47.8 Å². The molecule has 1 aromatic heterocycles. The molecule has 0 aliphatic rings. The van der Waals surface area contributed by atoms with E-state index in [0.29, 0.717) is 0 Å². The third kappa shape index (κ3) is 1.87. The minimum absolute atomic E-state index is 0.497. The van der Waals surface area contributed by atoms with E-state index in [2.05, 4.69) is 0 Å². The van der Waals surface area contributed by atoms with Gasteiger partial charge in [-0.3, -0.25) is 4.78 Å². The predicted octanol–water partition coefficient (Wildman–Crippen LogP) is 3.55. The Labute approximate surface area is 83.9 Å². The van der Waals surface area contributed by atoms with Crippen molar-refractivity contribution in [3.63, 3.8) is 0 Å². The zero-order valence-corrected chi connectivity index (χ0v) is 8.57. The highest BCUT2D eigenvalue weighted by Crippen LogP contribution is 2.20. The van der Waals surface area contributed by atoms with Gasteiger partial charge in [0.1, 0.15) is 0 Å². The molecule has 0 spiro atoms. The lowest BCUT2D eigenvalue weighted by Crippen LogP contribution is -1.85. The molecule has 66 valence electrons. The summed E-state index contributed by atoms with van der Waals surface area (Å²) in [4.78, 5) is 1.09. The molecule has 13 heavy (non-hydrogen) atoms. The number of nitrogens with one attached hydrogen (secondary N) is 1. The Morgan fingerprint density at radius 3 is 2.38 bits per heavy atom. The first-order valence-electron chi connectivity index (χ1n) is 3.92. The quantitative estimate of drug-likeness (QED) is 0.778. The second-order valence-corrected chi connectivity index (χ2v) is 5.28. The lowest BCUT2D eigenvalue weighted by Gasteiger charge is -2.01. The van der Waals surface area contributed by atoms with Gasteiger partial charge in [0.2, 0.25) is 0 Å². The largest absolute Gasteiger partial charge is 0.270 e. The predicted molar refractivity (Wildman–Crippen MR) is 57.4 cm³/mol. The van der Waals surface area contributed by atoms with E-state index in [0.717, 1.165) is 9.10 Å². The van der Waals surface area contributed by atoms with Crippen LogP contribution in [-0.2, 0) is 10.7 Å². The lowest BCUT2D eigenvalue weighted by molar-refractivity contribution is 1.41. The minimum Gasteiger partial charge on any atom is -0.270 e. The van der Waals surface area contributed by atoms with E-state index < -0.39 is 10.7 Å². The van der Waals surface area contributed by atoms with Crippen LogP contribution < -0.4 is 0 Å². The summed E-state index contributed by atoms with van der Waals surface area (Å²) in [5.74, 6) is 0. The smallest absolute Gasteiger partial charge is 0.0752 e. The number of benzene rings is 1. The highest BCUT2D eigenvalue weighted by atomic mass is 32.2. The van der Waals surface area contributed by atoms with Crippen molar-refractivity contribution in [2.24, 2.45) is 0 Å².